The predicted octanol–water partition coefficient (Wildman–Crippen LogP) is 1.16. The van der Waals surface area contributed by atoms with Crippen molar-refractivity contribution in [1.29, 1.82) is 0 Å². The Bertz CT molecular complexity index is 421. The maximum atomic E-state index is 12.5. The number of halogens is 4. The molecule has 0 fully saturated rings. The summed E-state index contributed by atoms with van der Waals surface area (Å²) < 4.78 is 69.2. The van der Waals surface area contributed by atoms with Crippen LogP contribution < -0.4 is 0 Å². The molecule has 0 radical (unpaired) electrons. The second-order valence-corrected chi connectivity index (χ2v) is 3.27. The van der Waals surface area contributed by atoms with Gasteiger partial charge in [-0.15, -0.1) is 3.89 Å². The smallest absolute Gasteiger partial charge is 0.205 e. The normalized spacial score (nSPS) is 11.7. The van der Waals surface area contributed by atoms with Crippen LogP contribution in [0, 0.1) is 17.7 Å². The maximum Gasteiger partial charge on any atom is 0.339 e. The number of hydrogen-bond donors (Lipinski definition) is 0. The van der Waals surface area contributed by atoms with Crippen LogP contribution in [0.2, 0.25) is 0 Å². The lowest BCUT2D eigenvalue weighted by Crippen LogP contribution is -2.04. The molecule has 0 spiro atoms. The van der Waals surface area contributed by atoms with Crippen LogP contribution in [-0.4, -0.2) is 13.4 Å². The van der Waals surface area contributed by atoms with E-state index in [1.807, 2.05) is 0 Å². The largest absolute Gasteiger partial charge is 0.339 e. The summed E-state index contributed by atoms with van der Waals surface area (Å²) in [6.07, 6.45) is 0. The second-order valence-electron chi connectivity index (χ2n) is 1.98. The van der Waals surface area contributed by atoms with Crippen molar-refractivity contribution in [2.24, 2.45) is 0 Å². The van der Waals surface area contributed by atoms with Gasteiger partial charge in [0, 0.05) is 6.07 Å². The maximum absolute atomic E-state index is 12.5. The molecular formula is C5HF4NO2S. The van der Waals surface area contributed by atoms with Crippen molar-refractivity contribution in [2.75, 3.05) is 0 Å². The zero-order chi connectivity index (χ0) is 10.2. The zero-order valence-electron chi connectivity index (χ0n) is 5.76. The minimum absolute atomic E-state index is 0.0322. The van der Waals surface area contributed by atoms with Crippen molar-refractivity contribution < 1.29 is 25.5 Å². The topological polar surface area (TPSA) is 47.0 Å². The minimum Gasteiger partial charge on any atom is -0.205 e. The third kappa shape index (κ3) is 1.94. The molecule has 3 nitrogen and oxygen atoms in total. The zero-order valence-corrected chi connectivity index (χ0v) is 6.58. The molecule has 0 saturated carbocycles. The van der Waals surface area contributed by atoms with Gasteiger partial charge in [-0.2, -0.15) is 22.2 Å². The summed E-state index contributed by atoms with van der Waals surface area (Å²) in [6, 6.07) is -0.0322. The van der Waals surface area contributed by atoms with Crippen LogP contribution in [0.3, 0.4) is 0 Å². The second kappa shape index (κ2) is 2.95. The molecular weight excluding hydrogens is 214 g/mol. The van der Waals surface area contributed by atoms with Gasteiger partial charge in [0.1, 0.15) is 0 Å². The molecule has 1 rings (SSSR count). The van der Waals surface area contributed by atoms with E-state index in [0.29, 0.717) is 0 Å². The third-order valence-corrected chi connectivity index (χ3v) is 1.95. The van der Waals surface area contributed by atoms with Crippen LogP contribution in [-0.2, 0) is 10.2 Å². The van der Waals surface area contributed by atoms with Crippen molar-refractivity contribution in [3.63, 3.8) is 0 Å². The van der Waals surface area contributed by atoms with E-state index in [9.17, 15) is 25.5 Å². The Labute approximate surface area is 70.2 Å². The molecule has 0 atom stereocenters. The molecule has 0 amide bonds. The molecule has 0 unspecified atom stereocenters. The van der Waals surface area contributed by atoms with Crippen molar-refractivity contribution in [3.05, 3.63) is 23.8 Å². The van der Waals surface area contributed by atoms with E-state index in [1.165, 1.54) is 0 Å². The van der Waals surface area contributed by atoms with E-state index in [4.69, 9.17) is 0 Å². The Morgan fingerprint density at radius 2 is 1.77 bits per heavy atom. The van der Waals surface area contributed by atoms with Gasteiger partial charge in [0.25, 0.3) is 0 Å². The SMILES string of the molecule is O=S(=O)(F)c1c(F)cc(F)nc1F. The molecule has 13 heavy (non-hydrogen) atoms. The van der Waals surface area contributed by atoms with Crippen LogP contribution in [0.5, 0.6) is 0 Å². The van der Waals surface area contributed by atoms with Gasteiger partial charge in [0.2, 0.25) is 11.9 Å². The first-order valence-electron chi connectivity index (χ1n) is 2.78. The summed E-state index contributed by atoms with van der Waals surface area (Å²) in [4.78, 5) is 0.428. The summed E-state index contributed by atoms with van der Waals surface area (Å²) in [5.41, 5.74) is 0. The highest BCUT2D eigenvalue weighted by Gasteiger charge is 2.25. The first-order chi connectivity index (χ1) is 5.82. The Morgan fingerprint density at radius 1 is 1.23 bits per heavy atom. The average Bonchev–Trinajstić information content (AvgIpc) is 1.78. The summed E-state index contributed by atoms with van der Waals surface area (Å²) >= 11 is 0. The van der Waals surface area contributed by atoms with Gasteiger partial charge >= 0.3 is 10.2 Å². The predicted molar refractivity (Wildman–Crippen MR) is 32.4 cm³/mol. The Balaban J connectivity index is 3.57. The van der Waals surface area contributed by atoms with Gasteiger partial charge in [-0.05, 0) is 0 Å². The van der Waals surface area contributed by atoms with E-state index in [-0.39, 0.29) is 6.07 Å². The molecule has 0 saturated heterocycles. The van der Waals surface area contributed by atoms with Crippen LogP contribution in [0.15, 0.2) is 11.0 Å². The van der Waals surface area contributed by atoms with Gasteiger partial charge in [-0.25, -0.2) is 4.39 Å². The quantitative estimate of drug-likeness (QED) is 0.401. The first-order valence-corrected chi connectivity index (χ1v) is 4.17. The van der Waals surface area contributed by atoms with Gasteiger partial charge in [0.15, 0.2) is 10.7 Å². The fourth-order valence-electron chi connectivity index (χ4n) is 0.663. The average molecular weight is 215 g/mol. The van der Waals surface area contributed by atoms with Gasteiger partial charge in [-0.1, -0.05) is 0 Å². The fraction of sp³-hybridized carbons (Fsp3) is 0. The summed E-state index contributed by atoms with van der Waals surface area (Å²) in [5, 5.41) is 0. The molecule has 0 aliphatic rings. The van der Waals surface area contributed by atoms with Crippen LogP contribution in [0.1, 0.15) is 0 Å². The van der Waals surface area contributed by atoms with E-state index in [1.54, 1.807) is 0 Å². The van der Waals surface area contributed by atoms with Crippen molar-refractivity contribution in [1.82, 2.24) is 4.98 Å². The van der Waals surface area contributed by atoms with E-state index >= 15 is 0 Å². The standard InChI is InChI=1S/C5HF4NO2S/c6-2-1-3(7)10-5(8)4(2)13(9,11)12/h1H. The lowest BCUT2D eigenvalue weighted by Gasteiger charge is -1.97. The molecule has 72 valence electrons. The van der Waals surface area contributed by atoms with Crippen molar-refractivity contribution >= 4 is 10.2 Å². The van der Waals surface area contributed by atoms with E-state index in [0.717, 1.165) is 0 Å². The molecule has 1 heterocycles. The number of hydrogen-bond acceptors (Lipinski definition) is 3. The summed E-state index contributed by atoms with van der Waals surface area (Å²) in [5.74, 6) is -5.46. The number of nitrogens with zero attached hydrogens (tertiary/aromatic N) is 1. The summed E-state index contributed by atoms with van der Waals surface area (Å²) in [6.45, 7) is 0. The van der Waals surface area contributed by atoms with Crippen molar-refractivity contribution in [2.45, 2.75) is 4.90 Å². The molecule has 0 aromatic carbocycles. The number of rotatable bonds is 1. The molecule has 0 bridgehead atoms. The lowest BCUT2D eigenvalue weighted by atomic mass is 10.4. The molecule has 0 aliphatic heterocycles. The molecule has 0 N–H and O–H groups in total. The molecule has 8 heteroatoms. The minimum atomic E-state index is -5.56. The number of pyridine rings is 1. The Kier molecular flexibility index (Phi) is 2.24. The summed E-state index contributed by atoms with van der Waals surface area (Å²) in [7, 11) is -5.56. The number of aromatic nitrogens is 1. The van der Waals surface area contributed by atoms with Crippen LogP contribution in [0.4, 0.5) is 17.1 Å². The van der Waals surface area contributed by atoms with Crippen molar-refractivity contribution in [3.8, 4) is 0 Å². The van der Waals surface area contributed by atoms with E-state index < -0.39 is 32.8 Å². The molecule has 1 aromatic rings. The Hall–Kier alpha value is -1.18. The first kappa shape index (κ1) is 9.90. The highest BCUT2D eigenvalue weighted by Crippen LogP contribution is 2.19. The van der Waals surface area contributed by atoms with E-state index in [2.05, 4.69) is 4.98 Å². The van der Waals surface area contributed by atoms with Crippen LogP contribution in [0.25, 0.3) is 0 Å². The molecule has 1 aromatic heterocycles. The van der Waals surface area contributed by atoms with Gasteiger partial charge in [-0.3, -0.25) is 0 Å². The highest BCUT2D eigenvalue weighted by atomic mass is 32.3. The third-order valence-electron chi connectivity index (χ3n) is 1.10. The molecule has 0 aliphatic carbocycles. The lowest BCUT2D eigenvalue weighted by molar-refractivity contribution is 0.444. The Morgan fingerprint density at radius 3 is 2.15 bits per heavy atom. The van der Waals surface area contributed by atoms with Gasteiger partial charge in [0.05, 0.1) is 0 Å². The fourth-order valence-corrected chi connectivity index (χ4v) is 1.20. The highest BCUT2D eigenvalue weighted by molar-refractivity contribution is 7.86. The van der Waals surface area contributed by atoms with Gasteiger partial charge < -0.3 is 0 Å². The van der Waals surface area contributed by atoms with Crippen LogP contribution >= 0.6 is 0 Å². The monoisotopic (exact) mass is 215 g/mol.